The van der Waals surface area contributed by atoms with Crippen molar-refractivity contribution in [2.45, 2.75) is 38.3 Å². The van der Waals surface area contributed by atoms with Crippen molar-refractivity contribution < 1.29 is 24.2 Å². The lowest BCUT2D eigenvalue weighted by atomic mass is 9.98. The maximum atomic E-state index is 12.9. The number of H-pyrrole nitrogens is 1. The van der Waals surface area contributed by atoms with E-state index in [0.29, 0.717) is 5.69 Å². The molecular formula is C26H28N4O5. The van der Waals surface area contributed by atoms with E-state index in [1.165, 1.54) is 12.5 Å². The van der Waals surface area contributed by atoms with E-state index in [9.17, 15) is 19.5 Å². The van der Waals surface area contributed by atoms with Gasteiger partial charge < -0.3 is 25.5 Å². The molecule has 0 fully saturated rings. The molecular weight excluding hydrogens is 448 g/mol. The van der Waals surface area contributed by atoms with Crippen LogP contribution in [-0.4, -0.2) is 51.7 Å². The van der Waals surface area contributed by atoms with Gasteiger partial charge >= 0.3 is 12.1 Å². The molecule has 1 heterocycles. The van der Waals surface area contributed by atoms with Crippen LogP contribution in [0.2, 0.25) is 0 Å². The number of aromatic amines is 1. The Balaban J connectivity index is 1.45. The van der Waals surface area contributed by atoms with Gasteiger partial charge in [0.05, 0.1) is 6.33 Å². The van der Waals surface area contributed by atoms with Gasteiger partial charge in [-0.25, -0.2) is 14.6 Å². The Bertz CT molecular complexity index is 1160. The summed E-state index contributed by atoms with van der Waals surface area (Å²) in [5, 5.41) is 14.5. The topological polar surface area (TPSA) is 133 Å². The van der Waals surface area contributed by atoms with Gasteiger partial charge in [0.1, 0.15) is 18.7 Å². The van der Waals surface area contributed by atoms with Crippen LogP contribution in [-0.2, 0) is 20.7 Å². The minimum Gasteiger partial charge on any atom is -0.480 e. The lowest BCUT2D eigenvalue weighted by molar-refractivity contribution is -0.143. The minimum absolute atomic E-state index is 0.0977. The lowest BCUT2D eigenvalue weighted by Gasteiger charge is -2.23. The molecule has 0 bridgehead atoms. The first-order chi connectivity index (χ1) is 16.8. The summed E-state index contributed by atoms with van der Waals surface area (Å²) in [6.45, 7) is 3.49. The number of rotatable bonds is 9. The molecule has 0 saturated heterocycles. The van der Waals surface area contributed by atoms with Crippen LogP contribution in [0.15, 0.2) is 61.1 Å². The predicted octanol–water partition coefficient (Wildman–Crippen LogP) is 3.08. The smallest absolute Gasteiger partial charge is 0.407 e. The number of ether oxygens (including phenoxy) is 1. The van der Waals surface area contributed by atoms with Gasteiger partial charge in [0, 0.05) is 24.2 Å². The number of carbonyl (C=O) groups is 3. The van der Waals surface area contributed by atoms with E-state index in [0.717, 1.165) is 22.3 Å². The van der Waals surface area contributed by atoms with E-state index >= 15 is 0 Å². The maximum absolute atomic E-state index is 12.9. The highest BCUT2D eigenvalue weighted by Gasteiger charge is 2.31. The Morgan fingerprint density at radius 2 is 1.66 bits per heavy atom. The van der Waals surface area contributed by atoms with Crippen LogP contribution in [0.3, 0.4) is 0 Å². The highest BCUT2D eigenvalue weighted by molar-refractivity contribution is 5.89. The fourth-order valence-corrected chi connectivity index (χ4v) is 4.38. The number of alkyl carbamates (subject to hydrolysis) is 1. The molecule has 182 valence electrons. The van der Waals surface area contributed by atoms with Crippen LogP contribution in [0.1, 0.15) is 36.6 Å². The molecule has 0 radical (unpaired) electrons. The van der Waals surface area contributed by atoms with Crippen molar-refractivity contribution in [1.82, 2.24) is 20.6 Å². The number of hydrogen-bond acceptors (Lipinski definition) is 5. The van der Waals surface area contributed by atoms with E-state index in [-0.39, 0.29) is 24.9 Å². The van der Waals surface area contributed by atoms with Gasteiger partial charge in [-0.15, -0.1) is 0 Å². The second kappa shape index (κ2) is 10.4. The van der Waals surface area contributed by atoms with E-state index in [1.54, 1.807) is 13.8 Å². The lowest BCUT2D eigenvalue weighted by Crippen LogP contribution is -2.54. The van der Waals surface area contributed by atoms with Gasteiger partial charge in [-0.3, -0.25) is 4.79 Å². The number of imidazole rings is 1. The minimum atomic E-state index is -1.14. The van der Waals surface area contributed by atoms with Crippen LogP contribution < -0.4 is 10.6 Å². The number of fused-ring (bicyclic) bond motifs is 3. The van der Waals surface area contributed by atoms with E-state index in [1.807, 2.05) is 48.5 Å². The van der Waals surface area contributed by atoms with Crippen LogP contribution in [0.4, 0.5) is 4.79 Å². The first-order valence-electron chi connectivity index (χ1n) is 11.5. The SMILES string of the molecule is CC(C)C(NC(=O)[C@H](Cc1cnc[nH]1)NC(=O)OCC1c2ccccc2-c2ccccc21)C(=O)O. The number of carboxylic acids is 1. The molecule has 1 aliphatic carbocycles. The molecule has 4 rings (SSSR count). The first kappa shape index (κ1) is 24.0. The van der Waals surface area contributed by atoms with Crippen LogP contribution in [0.25, 0.3) is 11.1 Å². The number of hydrogen-bond donors (Lipinski definition) is 4. The first-order valence-corrected chi connectivity index (χ1v) is 11.5. The molecule has 0 saturated carbocycles. The monoisotopic (exact) mass is 476 g/mol. The van der Waals surface area contributed by atoms with Crippen molar-refractivity contribution in [3.05, 3.63) is 77.9 Å². The van der Waals surface area contributed by atoms with Gasteiger partial charge in [0.15, 0.2) is 0 Å². The Hall–Kier alpha value is -4.14. The van der Waals surface area contributed by atoms with Gasteiger partial charge in [-0.1, -0.05) is 62.4 Å². The summed E-state index contributed by atoms with van der Waals surface area (Å²) in [5.41, 5.74) is 4.99. The number of aliphatic carboxylic acids is 1. The molecule has 35 heavy (non-hydrogen) atoms. The zero-order chi connectivity index (χ0) is 24.9. The Labute approximate surface area is 202 Å². The zero-order valence-electron chi connectivity index (χ0n) is 19.5. The number of carbonyl (C=O) groups excluding carboxylic acids is 2. The quantitative estimate of drug-likeness (QED) is 0.375. The highest BCUT2D eigenvalue weighted by Crippen LogP contribution is 2.44. The van der Waals surface area contributed by atoms with E-state index in [4.69, 9.17) is 4.74 Å². The fourth-order valence-electron chi connectivity index (χ4n) is 4.38. The third kappa shape index (κ3) is 5.34. The number of amides is 2. The summed E-state index contributed by atoms with van der Waals surface area (Å²) in [5.74, 6) is -2.21. The predicted molar refractivity (Wildman–Crippen MR) is 129 cm³/mol. The third-order valence-electron chi connectivity index (χ3n) is 6.16. The summed E-state index contributed by atoms with van der Waals surface area (Å²) in [4.78, 5) is 44.1. The summed E-state index contributed by atoms with van der Waals surface area (Å²) in [6.07, 6.45) is 2.34. The second-order valence-corrected chi connectivity index (χ2v) is 8.87. The van der Waals surface area contributed by atoms with Crippen LogP contribution >= 0.6 is 0 Å². The number of benzene rings is 2. The molecule has 0 spiro atoms. The molecule has 1 aliphatic rings. The van der Waals surface area contributed by atoms with Crippen molar-refractivity contribution in [3.8, 4) is 11.1 Å². The zero-order valence-corrected chi connectivity index (χ0v) is 19.5. The van der Waals surface area contributed by atoms with E-state index in [2.05, 4.69) is 20.6 Å². The van der Waals surface area contributed by atoms with Crippen LogP contribution in [0, 0.1) is 5.92 Å². The molecule has 0 aliphatic heterocycles. The third-order valence-corrected chi connectivity index (χ3v) is 6.16. The van der Waals surface area contributed by atoms with Crippen molar-refractivity contribution in [2.24, 2.45) is 5.92 Å². The van der Waals surface area contributed by atoms with Crippen molar-refractivity contribution in [3.63, 3.8) is 0 Å². The number of carboxylic acid groups (broad SMARTS) is 1. The molecule has 3 aromatic rings. The average molecular weight is 477 g/mol. The molecule has 9 heteroatoms. The summed E-state index contributed by atoms with van der Waals surface area (Å²) < 4.78 is 5.57. The largest absolute Gasteiger partial charge is 0.480 e. The molecule has 2 atom stereocenters. The number of nitrogens with one attached hydrogen (secondary N) is 3. The molecule has 9 nitrogen and oxygen atoms in total. The van der Waals surface area contributed by atoms with Gasteiger partial charge in [0.25, 0.3) is 0 Å². The normalized spacial score (nSPS) is 14.0. The fraction of sp³-hybridized carbons (Fsp3) is 0.308. The molecule has 1 unspecified atom stereocenters. The number of aromatic nitrogens is 2. The standard InChI is InChI=1S/C26H28N4O5/c1-15(2)23(25(32)33)30-24(31)22(11-16-12-27-14-28-16)29-26(34)35-13-21-19-9-5-3-7-17(19)18-8-4-6-10-20(18)21/h3-10,12,14-15,21-23H,11,13H2,1-2H3,(H,27,28)(H,29,34)(H,30,31)(H,32,33)/t22-,23?/m0/s1. The second-order valence-electron chi connectivity index (χ2n) is 8.87. The Kier molecular flexibility index (Phi) is 7.14. The highest BCUT2D eigenvalue weighted by atomic mass is 16.5. The molecule has 4 N–H and O–H groups in total. The summed E-state index contributed by atoms with van der Waals surface area (Å²) in [6, 6.07) is 13.9. The van der Waals surface area contributed by atoms with E-state index < -0.39 is 30.1 Å². The summed E-state index contributed by atoms with van der Waals surface area (Å²) in [7, 11) is 0. The molecule has 2 amide bonds. The maximum Gasteiger partial charge on any atom is 0.407 e. The van der Waals surface area contributed by atoms with Crippen molar-refractivity contribution in [2.75, 3.05) is 6.61 Å². The van der Waals surface area contributed by atoms with Crippen molar-refractivity contribution >= 4 is 18.0 Å². The average Bonchev–Trinajstić information content (AvgIpc) is 3.46. The summed E-state index contributed by atoms with van der Waals surface area (Å²) >= 11 is 0. The molecule has 1 aromatic heterocycles. The van der Waals surface area contributed by atoms with Crippen molar-refractivity contribution in [1.29, 1.82) is 0 Å². The van der Waals surface area contributed by atoms with Gasteiger partial charge in [0.2, 0.25) is 5.91 Å². The van der Waals surface area contributed by atoms with Gasteiger partial charge in [-0.2, -0.15) is 0 Å². The Morgan fingerprint density at radius 1 is 1.03 bits per heavy atom. The molecule has 2 aromatic carbocycles. The number of nitrogens with zero attached hydrogens (tertiary/aromatic N) is 1. The van der Waals surface area contributed by atoms with Crippen LogP contribution in [0.5, 0.6) is 0 Å². The Morgan fingerprint density at radius 3 is 2.20 bits per heavy atom. The van der Waals surface area contributed by atoms with Gasteiger partial charge in [-0.05, 0) is 28.2 Å².